The molecule has 116 valence electrons. The van der Waals surface area contributed by atoms with Crippen molar-refractivity contribution < 1.29 is 4.79 Å². The van der Waals surface area contributed by atoms with E-state index in [4.69, 9.17) is 0 Å². The van der Waals surface area contributed by atoms with Crippen molar-refractivity contribution in [3.8, 4) is 0 Å². The second-order valence-electron chi connectivity index (χ2n) is 5.61. The highest BCUT2D eigenvalue weighted by molar-refractivity contribution is 5.98. The van der Waals surface area contributed by atoms with Crippen molar-refractivity contribution in [3.63, 3.8) is 0 Å². The predicted molar refractivity (Wildman–Crippen MR) is 88.4 cm³/mol. The molecule has 6 nitrogen and oxygen atoms in total. The van der Waals surface area contributed by atoms with Crippen LogP contribution in [0.3, 0.4) is 0 Å². The van der Waals surface area contributed by atoms with Crippen LogP contribution in [-0.4, -0.2) is 51.9 Å². The van der Waals surface area contributed by atoms with Gasteiger partial charge >= 0.3 is 0 Å². The lowest BCUT2D eigenvalue weighted by Crippen LogP contribution is -2.49. The smallest absolute Gasteiger partial charge is 0.270 e. The van der Waals surface area contributed by atoms with Gasteiger partial charge in [0.1, 0.15) is 11.5 Å². The number of nitrogens with one attached hydrogen (secondary N) is 1. The van der Waals surface area contributed by atoms with E-state index in [9.17, 15) is 4.79 Å². The highest BCUT2D eigenvalue weighted by atomic mass is 16.2. The summed E-state index contributed by atoms with van der Waals surface area (Å²) in [6, 6.07) is 9.86. The van der Waals surface area contributed by atoms with Crippen LogP contribution in [0, 0.1) is 0 Å². The average Bonchev–Trinajstić information content (AvgIpc) is 3.06. The minimum Gasteiger partial charge on any atom is -0.352 e. The lowest BCUT2D eigenvalue weighted by Gasteiger charge is -2.35. The Balaban J connectivity index is 1.46. The number of hydrogen-bond acceptors (Lipinski definition) is 4. The molecular weight excluding hydrogens is 290 g/mol. The second kappa shape index (κ2) is 5.72. The van der Waals surface area contributed by atoms with E-state index in [2.05, 4.69) is 19.9 Å². The maximum atomic E-state index is 12.7. The molecule has 6 heteroatoms. The molecule has 0 radical (unpaired) electrons. The normalized spacial score (nSPS) is 15.1. The SMILES string of the molecule is O=C(c1cc2ccccc2[nH]1)N1CCN(c2cnccn2)CC1. The van der Waals surface area contributed by atoms with E-state index in [-0.39, 0.29) is 5.91 Å². The summed E-state index contributed by atoms with van der Waals surface area (Å²) in [5.74, 6) is 0.921. The van der Waals surface area contributed by atoms with Gasteiger partial charge in [-0.25, -0.2) is 4.98 Å². The predicted octanol–water partition coefficient (Wildman–Crippen LogP) is 1.92. The molecule has 3 aromatic rings. The van der Waals surface area contributed by atoms with Gasteiger partial charge in [0.15, 0.2) is 0 Å². The summed E-state index contributed by atoms with van der Waals surface area (Å²) in [5, 5.41) is 1.06. The number of benzene rings is 1. The molecule has 1 fully saturated rings. The fraction of sp³-hybridized carbons (Fsp3) is 0.235. The zero-order chi connectivity index (χ0) is 15.6. The molecular formula is C17H17N5O. The summed E-state index contributed by atoms with van der Waals surface area (Å²) in [7, 11) is 0. The van der Waals surface area contributed by atoms with Crippen LogP contribution in [0.15, 0.2) is 48.9 Å². The number of fused-ring (bicyclic) bond motifs is 1. The minimum absolute atomic E-state index is 0.0556. The van der Waals surface area contributed by atoms with Gasteiger partial charge in [-0.15, -0.1) is 0 Å². The average molecular weight is 307 g/mol. The largest absolute Gasteiger partial charge is 0.352 e. The van der Waals surface area contributed by atoms with Crippen LogP contribution in [0.4, 0.5) is 5.82 Å². The first-order valence-electron chi connectivity index (χ1n) is 7.69. The van der Waals surface area contributed by atoms with Crippen LogP contribution in [0.2, 0.25) is 0 Å². The number of anilines is 1. The van der Waals surface area contributed by atoms with Crippen LogP contribution < -0.4 is 4.90 Å². The van der Waals surface area contributed by atoms with E-state index >= 15 is 0 Å². The zero-order valence-electron chi connectivity index (χ0n) is 12.6. The summed E-state index contributed by atoms with van der Waals surface area (Å²) in [6.45, 7) is 2.91. The first-order valence-corrected chi connectivity index (χ1v) is 7.69. The Morgan fingerprint density at radius 3 is 2.65 bits per heavy atom. The van der Waals surface area contributed by atoms with Crippen LogP contribution in [0.1, 0.15) is 10.5 Å². The van der Waals surface area contributed by atoms with Gasteiger partial charge in [0.2, 0.25) is 0 Å². The second-order valence-corrected chi connectivity index (χ2v) is 5.61. The molecule has 1 amide bonds. The quantitative estimate of drug-likeness (QED) is 0.785. The Hall–Kier alpha value is -2.89. The number of piperazine rings is 1. The van der Waals surface area contributed by atoms with Crippen molar-refractivity contribution in [3.05, 3.63) is 54.6 Å². The van der Waals surface area contributed by atoms with Crippen molar-refractivity contribution in [2.45, 2.75) is 0 Å². The van der Waals surface area contributed by atoms with Crippen molar-refractivity contribution in [2.75, 3.05) is 31.1 Å². The Morgan fingerprint density at radius 1 is 1.09 bits per heavy atom. The summed E-state index contributed by atoms with van der Waals surface area (Å²) in [5.41, 5.74) is 1.65. The topological polar surface area (TPSA) is 65.1 Å². The van der Waals surface area contributed by atoms with Gasteiger partial charge in [-0.2, -0.15) is 0 Å². The zero-order valence-corrected chi connectivity index (χ0v) is 12.6. The molecule has 1 N–H and O–H groups in total. The number of carbonyl (C=O) groups is 1. The maximum absolute atomic E-state index is 12.7. The van der Waals surface area contributed by atoms with E-state index < -0.39 is 0 Å². The van der Waals surface area contributed by atoms with Gasteiger partial charge in [-0.1, -0.05) is 18.2 Å². The van der Waals surface area contributed by atoms with E-state index in [1.807, 2.05) is 35.2 Å². The maximum Gasteiger partial charge on any atom is 0.270 e. The van der Waals surface area contributed by atoms with Gasteiger partial charge in [0.25, 0.3) is 5.91 Å². The van der Waals surface area contributed by atoms with E-state index in [1.54, 1.807) is 18.6 Å². The Kier molecular flexibility index (Phi) is 3.42. The number of aromatic nitrogens is 3. The fourth-order valence-electron chi connectivity index (χ4n) is 2.95. The first kappa shape index (κ1) is 13.8. The number of hydrogen-bond donors (Lipinski definition) is 1. The Bertz CT molecular complexity index is 788. The highest BCUT2D eigenvalue weighted by Crippen LogP contribution is 2.18. The first-order chi connectivity index (χ1) is 11.3. The van der Waals surface area contributed by atoms with Crippen molar-refractivity contribution >= 4 is 22.6 Å². The molecule has 0 bridgehead atoms. The Labute approximate surface area is 133 Å². The molecule has 1 saturated heterocycles. The molecule has 1 aromatic carbocycles. The number of rotatable bonds is 2. The van der Waals surface area contributed by atoms with E-state index in [1.165, 1.54) is 0 Å². The molecule has 0 saturated carbocycles. The van der Waals surface area contributed by atoms with Crippen LogP contribution in [-0.2, 0) is 0 Å². The van der Waals surface area contributed by atoms with Gasteiger partial charge in [0, 0.05) is 49.5 Å². The number of amides is 1. The molecule has 0 atom stereocenters. The summed E-state index contributed by atoms with van der Waals surface area (Å²) in [6.07, 6.45) is 5.12. The van der Waals surface area contributed by atoms with Crippen molar-refractivity contribution in [2.24, 2.45) is 0 Å². The molecule has 1 aliphatic rings. The lowest BCUT2D eigenvalue weighted by molar-refractivity contribution is 0.0741. The monoisotopic (exact) mass is 307 g/mol. The number of para-hydroxylation sites is 1. The molecule has 0 spiro atoms. The van der Waals surface area contributed by atoms with Gasteiger partial charge in [-0.05, 0) is 12.1 Å². The molecule has 23 heavy (non-hydrogen) atoms. The number of H-pyrrole nitrogens is 1. The Morgan fingerprint density at radius 2 is 1.91 bits per heavy atom. The highest BCUT2D eigenvalue weighted by Gasteiger charge is 2.23. The molecule has 4 rings (SSSR count). The third-order valence-corrected chi connectivity index (χ3v) is 4.20. The van der Waals surface area contributed by atoms with Crippen LogP contribution in [0.5, 0.6) is 0 Å². The van der Waals surface area contributed by atoms with Crippen LogP contribution >= 0.6 is 0 Å². The molecule has 3 heterocycles. The summed E-state index contributed by atoms with van der Waals surface area (Å²) >= 11 is 0. The molecule has 0 aliphatic carbocycles. The van der Waals surface area contributed by atoms with Gasteiger partial charge < -0.3 is 14.8 Å². The van der Waals surface area contributed by atoms with Gasteiger partial charge in [0.05, 0.1) is 6.20 Å². The molecule has 0 unspecified atom stereocenters. The van der Waals surface area contributed by atoms with Crippen LogP contribution in [0.25, 0.3) is 10.9 Å². The van der Waals surface area contributed by atoms with Crippen molar-refractivity contribution in [1.82, 2.24) is 19.9 Å². The van der Waals surface area contributed by atoms with Crippen molar-refractivity contribution in [1.29, 1.82) is 0 Å². The number of nitrogens with zero attached hydrogens (tertiary/aromatic N) is 4. The number of aromatic amines is 1. The standard InChI is InChI=1S/C17H17N5O/c23-17(15-11-13-3-1-2-4-14(13)20-15)22-9-7-21(8-10-22)16-12-18-5-6-19-16/h1-6,11-12,20H,7-10H2. The lowest BCUT2D eigenvalue weighted by atomic mass is 10.2. The molecule has 1 aliphatic heterocycles. The minimum atomic E-state index is 0.0556. The third kappa shape index (κ3) is 2.63. The third-order valence-electron chi connectivity index (χ3n) is 4.20. The van der Waals surface area contributed by atoms with E-state index in [0.29, 0.717) is 18.8 Å². The van der Waals surface area contributed by atoms with E-state index in [0.717, 1.165) is 29.8 Å². The summed E-state index contributed by atoms with van der Waals surface area (Å²) < 4.78 is 0. The summed E-state index contributed by atoms with van der Waals surface area (Å²) in [4.78, 5) is 28.3. The van der Waals surface area contributed by atoms with Gasteiger partial charge in [-0.3, -0.25) is 9.78 Å². The molecule has 2 aromatic heterocycles. The number of carbonyl (C=O) groups excluding carboxylic acids is 1. The fourth-order valence-corrected chi connectivity index (χ4v) is 2.95.